The zero-order valence-corrected chi connectivity index (χ0v) is 16.2. The normalized spacial score (nSPS) is 11.8. The fourth-order valence-corrected chi connectivity index (χ4v) is 2.96. The molecule has 2 aromatic carbocycles. The molecule has 6 heteroatoms. The SMILES string of the molecule is CCN(C[C@H](O)COc1ccccc1)C(=O)c1cccc(-c2cnn(C)c2)c1. The molecule has 0 fully saturated rings. The maximum Gasteiger partial charge on any atom is 0.253 e. The predicted molar refractivity (Wildman–Crippen MR) is 108 cm³/mol. The van der Waals surface area contributed by atoms with Crippen molar-refractivity contribution in [2.75, 3.05) is 19.7 Å². The lowest BCUT2D eigenvalue weighted by molar-refractivity contribution is 0.0514. The van der Waals surface area contributed by atoms with Crippen LogP contribution < -0.4 is 4.74 Å². The van der Waals surface area contributed by atoms with Gasteiger partial charge in [0.25, 0.3) is 5.91 Å². The molecule has 1 heterocycles. The van der Waals surface area contributed by atoms with Crippen molar-refractivity contribution in [2.24, 2.45) is 7.05 Å². The summed E-state index contributed by atoms with van der Waals surface area (Å²) in [4.78, 5) is 14.6. The van der Waals surface area contributed by atoms with E-state index in [1.807, 2.05) is 68.7 Å². The molecule has 1 amide bonds. The number of rotatable bonds is 8. The van der Waals surface area contributed by atoms with Gasteiger partial charge in [0.1, 0.15) is 18.5 Å². The first kappa shape index (κ1) is 19.6. The number of hydrogen-bond donors (Lipinski definition) is 1. The number of aromatic nitrogens is 2. The molecule has 6 nitrogen and oxygen atoms in total. The van der Waals surface area contributed by atoms with Crippen LogP contribution in [0.2, 0.25) is 0 Å². The highest BCUT2D eigenvalue weighted by Crippen LogP contribution is 2.20. The number of para-hydroxylation sites is 1. The Balaban J connectivity index is 1.64. The summed E-state index contributed by atoms with van der Waals surface area (Å²) in [5.74, 6) is 0.576. The second-order valence-electron chi connectivity index (χ2n) is 6.61. The third-order valence-electron chi connectivity index (χ3n) is 4.43. The number of likely N-dealkylation sites (N-methyl/N-ethyl adjacent to an activating group) is 1. The number of amides is 1. The van der Waals surface area contributed by atoms with Crippen LogP contribution in [-0.2, 0) is 7.05 Å². The molecule has 0 unspecified atom stereocenters. The fourth-order valence-electron chi connectivity index (χ4n) is 2.96. The molecular formula is C22H25N3O3. The van der Waals surface area contributed by atoms with Gasteiger partial charge in [-0.25, -0.2) is 0 Å². The van der Waals surface area contributed by atoms with Crippen molar-refractivity contribution in [1.82, 2.24) is 14.7 Å². The number of hydrogen-bond acceptors (Lipinski definition) is 4. The first-order valence-corrected chi connectivity index (χ1v) is 9.31. The maximum atomic E-state index is 12.9. The van der Waals surface area contributed by atoms with Crippen LogP contribution in [0, 0.1) is 0 Å². The Morgan fingerprint density at radius 2 is 1.96 bits per heavy atom. The van der Waals surface area contributed by atoms with Gasteiger partial charge in [-0.15, -0.1) is 0 Å². The summed E-state index contributed by atoms with van der Waals surface area (Å²) in [6, 6.07) is 16.8. The van der Waals surface area contributed by atoms with E-state index in [9.17, 15) is 9.90 Å². The third kappa shape index (κ3) is 4.98. The molecule has 0 radical (unpaired) electrons. The average Bonchev–Trinajstić information content (AvgIpc) is 3.17. The van der Waals surface area contributed by atoms with Crippen LogP contribution in [0.1, 0.15) is 17.3 Å². The number of ether oxygens (including phenoxy) is 1. The fraction of sp³-hybridized carbons (Fsp3) is 0.273. The molecular weight excluding hydrogens is 354 g/mol. The first-order valence-electron chi connectivity index (χ1n) is 9.31. The van der Waals surface area contributed by atoms with Gasteiger partial charge in [0.15, 0.2) is 0 Å². The Morgan fingerprint density at radius 1 is 1.18 bits per heavy atom. The van der Waals surface area contributed by atoms with Crippen LogP contribution in [0.3, 0.4) is 0 Å². The van der Waals surface area contributed by atoms with Gasteiger partial charge < -0.3 is 14.7 Å². The minimum Gasteiger partial charge on any atom is -0.491 e. The zero-order chi connectivity index (χ0) is 19.9. The van der Waals surface area contributed by atoms with Crippen LogP contribution in [0.4, 0.5) is 0 Å². The molecule has 0 aliphatic carbocycles. The zero-order valence-electron chi connectivity index (χ0n) is 16.2. The molecule has 0 spiro atoms. The Kier molecular flexibility index (Phi) is 6.45. The Morgan fingerprint density at radius 3 is 2.64 bits per heavy atom. The quantitative estimate of drug-likeness (QED) is 0.653. The van der Waals surface area contributed by atoms with Gasteiger partial charge in [-0.3, -0.25) is 9.48 Å². The van der Waals surface area contributed by atoms with E-state index in [4.69, 9.17) is 4.74 Å². The van der Waals surface area contributed by atoms with E-state index in [1.165, 1.54) is 0 Å². The van der Waals surface area contributed by atoms with Crippen LogP contribution in [0.25, 0.3) is 11.1 Å². The van der Waals surface area contributed by atoms with E-state index in [2.05, 4.69) is 5.10 Å². The number of aliphatic hydroxyl groups is 1. The Hall–Kier alpha value is -3.12. The standard InChI is InChI=1S/C22H25N3O3/c1-3-25(15-20(26)16-28-21-10-5-4-6-11-21)22(27)18-9-7-8-17(12-18)19-13-23-24(2)14-19/h4-14,20,26H,3,15-16H2,1-2H3/t20-/m0/s1. The van der Waals surface area contributed by atoms with Crippen molar-refractivity contribution < 1.29 is 14.6 Å². The molecule has 0 aliphatic rings. The summed E-state index contributed by atoms with van der Waals surface area (Å²) in [7, 11) is 1.86. The van der Waals surface area contributed by atoms with E-state index < -0.39 is 6.10 Å². The lowest BCUT2D eigenvalue weighted by atomic mass is 10.1. The molecule has 1 aromatic heterocycles. The Labute approximate surface area is 165 Å². The van der Waals surface area contributed by atoms with Gasteiger partial charge in [0.2, 0.25) is 0 Å². The third-order valence-corrected chi connectivity index (χ3v) is 4.43. The van der Waals surface area contributed by atoms with Gasteiger partial charge in [-0.2, -0.15) is 5.10 Å². The summed E-state index contributed by atoms with van der Waals surface area (Å²) < 4.78 is 7.31. The Bertz CT molecular complexity index is 908. The number of carbonyl (C=O) groups is 1. The molecule has 1 N–H and O–H groups in total. The molecule has 1 atom stereocenters. The highest BCUT2D eigenvalue weighted by molar-refractivity contribution is 5.95. The maximum absolute atomic E-state index is 12.9. The van der Waals surface area contributed by atoms with Crippen molar-refractivity contribution in [2.45, 2.75) is 13.0 Å². The minimum atomic E-state index is -0.773. The lowest BCUT2D eigenvalue weighted by Gasteiger charge is -2.24. The van der Waals surface area contributed by atoms with E-state index in [-0.39, 0.29) is 19.1 Å². The van der Waals surface area contributed by atoms with Crippen molar-refractivity contribution >= 4 is 5.91 Å². The smallest absolute Gasteiger partial charge is 0.253 e. The molecule has 146 valence electrons. The first-order chi connectivity index (χ1) is 13.6. The van der Waals surface area contributed by atoms with Gasteiger partial charge >= 0.3 is 0 Å². The van der Waals surface area contributed by atoms with Gasteiger partial charge in [-0.1, -0.05) is 30.3 Å². The van der Waals surface area contributed by atoms with Crippen molar-refractivity contribution in [3.8, 4) is 16.9 Å². The molecule has 0 saturated carbocycles. The van der Waals surface area contributed by atoms with Crippen LogP contribution in [-0.4, -0.2) is 51.5 Å². The number of carbonyl (C=O) groups excluding carboxylic acids is 1. The summed E-state index contributed by atoms with van der Waals surface area (Å²) in [6.45, 7) is 2.73. The molecule has 3 aromatic rings. The average molecular weight is 379 g/mol. The van der Waals surface area contributed by atoms with Crippen molar-refractivity contribution in [3.63, 3.8) is 0 Å². The molecule has 28 heavy (non-hydrogen) atoms. The largest absolute Gasteiger partial charge is 0.491 e. The molecule has 3 rings (SSSR count). The van der Waals surface area contributed by atoms with Gasteiger partial charge in [-0.05, 0) is 36.8 Å². The second kappa shape index (κ2) is 9.19. The minimum absolute atomic E-state index is 0.119. The summed E-state index contributed by atoms with van der Waals surface area (Å²) in [5, 5.41) is 14.5. The molecule has 0 bridgehead atoms. The van der Waals surface area contributed by atoms with E-state index in [0.29, 0.717) is 17.9 Å². The highest BCUT2D eigenvalue weighted by Gasteiger charge is 2.19. The number of nitrogens with zero attached hydrogens (tertiary/aromatic N) is 3. The van der Waals surface area contributed by atoms with Crippen LogP contribution in [0.5, 0.6) is 5.75 Å². The van der Waals surface area contributed by atoms with Crippen molar-refractivity contribution in [1.29, 1.82) is 0 Å². The monoisotopic (exact) mass is 379 g/mol. The summed E-state index contributed by atoms with van der Waals surface area (Å²) in [6.07, 6.45) is 2.91. The summed E-state index contributed by atoms with van der Waals surface area (Å²) >= 11 is 0. The number of aliphatic hydroxyl groups excluding tert-OH is 1. The van der Waals surface area contributed by atoms with E-state index >= 15 is 0 Å². The van der Waals surface area contributed by atoms with Crippen LogP contribution >= 0.6 is 0 Å². The van der Waals surface area contributed by atoms with Gasteiger partial charge in [0, 0.05) is 30.9 Å². The lowest BCUT2D eigenvalue weighted by Crippen LogP contribution is -2.39. The van der Waals surface area contributed by atoms with E-state index in [1.54, 1.807) is 21.8 Å². The highest BCUT2D eigenvalue weighted by atomic mass is 16.5. The van der Waals surface area contributed by atoms with Crippen molar-refractivity contribution in [3.05, 3.63) is 72.6 Å². The predicted octanol–water partition coefficient (Wildman–Crippen LogP) is 2.99. The number of benzene rings is 2. The van der Waals surface area contributed by atoms with Gasteiger partial charge in [0.05, 0.1) is 12.7 Å². The van der Waals surface area contributed by atoms with E-state index in [0.717, 1.165) is 11.1 Å². The van der Waals surface area contributed by atoms with Crippen LogP contribution in [0.15, 0.2) is 67.0 Å². The molecule has 0 aliphatic heterocycles. The molecule has 0 saturated heterocycles. The topological polar surface area (TPSA) is 67.6 Å². The second-order valence-corrected chi connectivity index (χ2v) is 6.61. The number of aryl methyl sites for hydroxylation is 1. The summed E-state index contributed by atoms with van der Waals surface area (Å²) in [5.41, 5.74) is 2.47.